The van der Waals surface area contributed by atoms with Crippen LogP contribution < -0.4 is 5.32 Å². The molecule has 21 heavy (non-hydrogen) atoms. The van der Waals surface area contributed by atoms with Crippen LogP contribution >= 0.6 is 0 Å². The maximum Gasteiger partial charge on any atom is 0.0736 e. The highest BCUT2D eigenvalue weighted by molar-refractivity contribution is 5.51. The van der Waals surface area contributed by atoms with E-state index in [0.29, 0.717) is 12.5 Å². The van der Waals surface area contributed by atoms with Gasteiger partial charge in [-0.2, -0.15) is 5.10 Å². The molecule has 0 aliphatic rings. The molecule has 0 amide bonds. The van der Waals surface area contributed by atoms with E-state index in [9.17, 15) is 0 Å². The topological polar surface area (TPSA) is 39.1 Å². The number of rotatable bonds is 7. The summed E-state index contributed by atoms with van der Waals surface area (Å²) >= 11 is 0. The lowest BCUT2D eigenvalue weighted by Gasteiger charge is -2.12. The second-order valence-corrected chi connectivity index (χ2v) is 5.52. The van der Waals surface area contributed by atoms with Crippen LogP contribution in [0.1, 0.15) is 43.5 Å². The highest BCUT2D eigenvalue weighted by atomic mass is 16.5. The summed E-state index contributed by atoms with van der Waals surface area (Å²) < 4.78 is 7.41. The Labute approximate surface area is 127 Å². The first-order chi connectivity index (χ1) is 10.1. The van der Waals surface area contributed by atoms with Crippen molar-refractivity contribution < 1.29 is 4.74 Å². The molecule has 0 unspecified atom stereocenters. The normalized spacial score (nSPS) is 11.1. The van der Waals surface area contributed by atoms with E-state index in [4.69, 9.17) is 4.74 Å². The van der Waals surface area contributed by atoms with Crippen molar-refractivity contribution in [1.29, 1.82) is 0 Å². The number of nitrogens with zero attached hydrogens (tertiary/aromatic N) is 2. The third-order valence-electron chi connectivity index (χ3n) is 3.43. The highest BCUT2D eigenvalue weighted by Crippen LogP contribution is 2.21. The minimum absolute atomic E-state index is 0.432. The number of para-hydroxylation sites is 1. The fraction of sp³-hybridized carbons (Fsp3) is 0.471. The fourth-order valence-corrected chi connectivity index (χ4v) is 2.40. The molecule has 0 radical (unpaired) electrons. The van der Waals surface area contributed by atoms with Crippen LogP contribution in [0.15, 0.2) is 30.5 Å². The predicted molar refractivity (Wildman–Crippen MR) is 86.4 cm³/mol. The molecule has 0 saturated heterocycles. The number of hydrogen-bond donors (Lipinski definition) is 1. The van der Waals surface area contributed by atoms with Gasteiger partial charge in [-0.3, -0.25) is 4.68 Å². The van der Waals surface area contributed by atoms with Crippen LogP contribution in [-0.2, 0) is 24.9 Å². The summed E-state index contributed by atoms with van der Waals surface area (Å²) in [5.74, 6) is 0.432. The van der Waals surface area contributed by atoms with Gasteiger partial charge in [0.2, 0.25) is 0 Å². The van der Waals surface area contributed by atoms with Crippen molar-refractivity contribution in [3.8, 4) is 0 Å². The molecule has 0 atom stereocenters. The van der Waals surface area contributed by atoms with Crippen LogP contribution in [0.4, 0.5) is 5.69 Å². The number of benzene rings is 1. The molecule has 0 fully saturated rings. The molecular weight excluding hydrogens is 262 g/mol. The highest BCUT2D eigenvalue weighted by Gasteiger charge is 2.11. The largest absolute Gasteiger partial charge is 0.381 e. The van der Waals surface area contributed by atoms with E-state index in [0.717, 1.165) is 24.5 Å². The van der Waals surface area contributed by atoms with Gasteiger partial charge in [0.25, 0.3) is 0 Å². The van der Waals surface area contributed by atoms with Gasteiger partial charge in [-0.05, 0) is 18.9 Å². The molecule has 1 N–H and O–H groups in total. The van der Waals surface area contributed by atoms with Crippen molar-refractivity contribution in [3.63, 3.8) is 0 Å². The molecule has 2 rings (SSSR count). The zero-order valence-electron chi connectivity index (χ0n) is 13.4. The van der Waals surface area contributed by atoms with Gasteiger partial charge in [0, 0.05) is 43.2 Å². The Morgan fingerprint density at radius 1 is 1.24 bits per heavy atom. The number of nitrogens with one attached hydrogen (secondary N) is 1. The molecule has 0 aliphatic heterocycles. The molecule has 4 heteroatoms. The number of hydrogen-bond acceptors (Lipinski definition) is 3. The molecule has 0 saturated carbocycles. The average molecular weight is 287 g/mol. The van der Waals surface area contributed by atoms with E-state index in [-0.39, 0.29) is 0 Å². The monoisotopic (exact) mass is 287 g/mol. The summed E-state index contributed by atoms with van der Waals surface area (Å²) in [5, 5.41) is 8.06. The Balaban J connectivity index is 2.09. The number of ether oxygens (including phenoxy) is 1. The van der Waals surface area contributed by atoms with E-state index < -0.39 is 0 Å². The quantitative estimate of drug-likeness (QED) is 0.844. The van der Waals surface area contributed by atoms with Crippen molar-refractivity contribution >= 4 is 5.69 Å². The summed E-state index contributed by atoms with van der Waals surface area (Å²) in [6, 6.07) is 8.29. The maximum absolute atomic E-state index is 5.52. The van der Waals surface area contributed by atoms with E-state index in [1.807, 2.05) is 30.8 Å². The molecule has 1 heterocycles. The zero-order chi connectivity index (χ0) is 15.2. The van der Waals surface area contributed by atoms with Gasteiger partial charge in [-0.1, -0.05) is 32.0 Å². The third kappa shape index (κ3) is 4.08. The van der Waals surface area contributed by atoms with Gasteiger partial charge in [0.05, 0.1) is 12.3 Å². The van der Waals surface area contributed by atoms with Crippen LogP contribution in [0.3, 0.4) is 0 Å². The molecule has 114 valence electrons. The van der Waals surface area contributed by atoms with E-state index in [2.05, 4.69) is 42.6 Å². The Hall–Kier alpha value is -1.81. The second-order valence-electron chi connectivity index (χ2n) is 5.52. The van der Waals surface area contributed by atoms with Gasteiger partial charge in [0.15, 0.2) is 0 Å². The number of anilines is 1. The Morgan fingerprint density at radius 3 is 2.71 bits per heavy atom. The fourth-order valence-electron chi connectivity index (χ4n) is 2.40. The predicted octanol–water partition coefficient (Wildman–Crippen LogP) is 3.69. The first kappa shape index (κ1) is 15.6. The number of aromatic nitrogens is 2. The minimum atomic E-state index is 0.432. The van der Waals surface area contributed by atoms with Crippen LogP contribution in [0, 0.1) is 0 Å². The Kier molecular flexibility index (Phi) is 5.39. The van der Waals surface area contributed by atoms with Crippen molar-refractivity contribution in [2.24, 2.45) is 7.05 Å². The second kappa shape index (κ2) is 7.27. The SMILES string of the molecule is CCOCc1ccccc1NCc1cn(C)nc1C(C)C. The Morgan fingerprint density at radius 2 is 2.00 bits per heavy atom. The van der Waals surface area contributed by atoms with Crippen molar-refractivity contribution in [3.05, 3.63) is 47.3 Å². The molecule has 4 nitrogen and oxygen atoms in total. The first-order valence-electron chi connectivity index (χ1n) is 7.53. The molecule has 1 aromatic heterocycles. The smallest absolute Gasteiger partial charge is 0.0736 e. The summed E-state index contributed by atoms with van der Waals surface area (Å²) in [6.45, 7) is 8.52. The van der Waals surface area contributed by atoms with Crippen LogP contribution in [0.2, 0.25) is 0 Å². The van der Waals surface area contributed by atoms with Crippen LogP contribution in [0.25, 0.3) is 0 Å². The first-order valence-corrected chi connectivity index (χ1v) is 7.53. The van der Waals surface area contributed by atoms with Gasteiger partial charge < -0.3 is 10.1 Å². The zero-order valence-corrected chi connectivity index (χ0v) is 13.4. The van der Waals surface area contributed by atoms with Crippen LogP contribution in [-0.4, -0.2) is 16.4 Å². The standard InChI is InChI=1S/C17H25N3O/c1-5-21-12-14-8-6-7-9-16(14)18-10-15-11-20(4)19-17(15)13(2)3/h6-9,11,13,18H,5,10,12H2,1-4H3. The van der Waals surface area contributed by atoms with E-state index >= 15 is 0 Å². The van der Waals surface area contributed by atoms with E-state index in [1.54, 1.807) is 0 Å². The summed E-state index contributed by atoms with van der Waals surface area (Å²) in [4.78, 5) is 0. The van der Waals surface area contributed by atoms with Crippen LogP contribution in [0.5, 0.6) is 0 Å². The average Bonchev–Trinajstić information content (AvgIpc) is 2.85. The van der Waals surface area contributed by atoms with Gasteiger partial charge in [-0.15, -0.1) is 0 Å². The number of aryl methyl sites for hydroxylation is 1. The molecule has 0 spiro atoms. The third-order valence-corrected chi connectivity index (χ3v) is 3.43. The Bertz CT molecular complexity index is 575. The van der Waals surface area contributed by atoms with Gasteiger partial charge in [0.1, 0.15) is 0 Å². The molecule has 2 aromatic rings. The van der Waals surface area contributed by atoms with E-state index in [1.165, 1.54) is 11.1 Å². The molecular formula is C17H25N3O. The van der Waals surface area contributed by atoms with Gasteiger partial charge in [-0.25, -0.2) is 0 Å². The molecule has 0 bridgehead atoms. The molecule has 0 aliphatic carbocycles. The van der Waals surface area contributed by atoms with Crippen molar-refractivity contribution in [1.82, 2.24) is 9.78 Å². The lowest BCUT2D eigenvalue weighted by atomic mass is 10.1. The lowest BCUT2D eigenvalue weighted by Crippen LogP contribution is -2.05. The minimum Gasteiger partial charge on any atom is -0.381 e. The molecule has 1 aromatic carbocycles. The summed E-state index contributed by atoms with van der Waals surface area (Å²) in [7, 11) is 1.97. The summed E-state index contributed by atoms with van der Waals surface area (Å²) in [5.41, 5.74) is 4.73. The van der Waals surface area contributed by atoms with Crippen molar-refractivity contribution in [2.45, 2.75) is 39.8 Å². The van der Waals surface area contributed by atoms with Crippen molar-refractivity contribution in [2.75, 3.05) is 11.9 Å². The maximum atomic E-state index is 5.52. The summed E-state index contributed by atoms with van der Waals surface area (Å²) in [6.07, 6.45) is 2.09. The lowest BCUT2D eigenvalue weighted by molar-refractivity contribution is 0.134. The van der Waals surface area contributed by atoms with Gasteiger partial charge >= 0.3 is 0 Å².